The molecule has 0 bridgehead atoms. The number of benzene rings is 1. The van der Waals surface area contributed by atoms with Crippen LogP contribution in [-0.4, -0.2) is 37.0 Å². The topological polar surface area (TPSA) is 41.6 Å². The van der Waals surface area contributed by atoms with Crippen LogP contribution in [0.4, 0.5) is 0 Å². The highest BCUT2D eigenvalue weighted by Crippen LogP contribution is 2.41. The zero-order valence-electron chi connectivity index (χ0n) is 12.7. The first-order valence-corrected chi connectivity index (χ1v) is 7.97. The van der Waals surface area contributed by atoms with Crippen molar-refractivity contribution in [3.05, 3.63) is 29.8 Å². The van der Waals surface area contributed by atoms with Crippen molar-refractivity contribution in [1.82, 2.24) is 10.2 Å². The van der Waals surface area contributed by atoms with Crippen LogP contribution in [0.25, 0.3) is 0 Å². The number of hydrogen-bond acceptors (Lipinski definition) is 4. The van der Waals surface area contributed by atoms with Gasteiger partial charge in [-0.05, 0) is 36.5 Å². The third-order valence-corrected chi connectivity index (χ3v) is 4.62. The standard InChI is InChI=1S/C17H24N2O2/c1-13(20)21-16-7-5-15(6-8-16)17(14-3-2-4-14)19-11-9-18-10-12-19/h5-8,14,17-18H,2-4,9-12H2,1H3/t17-/m0/s1. The largest absolute Gasteiger partial charge is 0.427 e. The maximum atomic E-state index is 11.0. The highest BCUT2D eigenvalue weighted by atomic mass is 16.5. The average Bonchev–Trinajstić information content (AvgIpc) is 2.44. The van der Waals surface area contributed by atoms with Crippen molar-refractivity contribution < 1.29 is 9.53 Å². The minimum Gasteiger partial charge on any atom is -0.427 e. The fourth-order valence-corrected chi connectivity index (χ4v) is 3.40. The van der Waals surface area contributed by atoms with Gasteiger partial charge in [0.25, 0.3) is 0 Å². The highest BCUT2D eigenvalue weighted by molar-refractivity contribution is 5.69. The summed E-state index contributed by atoms with van der Waals surface area (Å²) in [5, 5.41) is 3.43. The zero-order valence-corrected chi connectivity index (χ0v) is 12.7. The maximum absolute atomic E-state index is 11.0. The van der Waals surface area contributed by atoms with Crippen LogP contribution >= 0.6 is 0 Å². The summed E-state index contributed by atoms with van der Waals surface area (Å²) in [6.45, 7) is 5.83. The number of hydrogen-bond donors (Lipinski definition) is 1. The summed E-state index contributed by atoms with van der Waals surface area (Å²) in [7, 11) is 0. The monoisotopic (exact) mass is 288 g/mol. The van der Waals surface area contributed by atoms with E-state index < -0.39 is 0 Å². The van der Waals surface area contributed by atoms with Gasteiger partial charge in [0.15, 0.2) is 0 Å². The van der Waals surface area contributed by atoms with Crippen molar-refractivity contribution in [2.75, 3.05) is 26.2 Å². The Hall–Kier alpha value is -1.39. The first-order valence-electron chi connectivity index (χ1n) is 7.97. The van der Waals surface area contributed by atoms with E-state index in [9.17, 15) is 4.79 Å². The Balaban J connectivity index is 1.76. The van der Waals surface area contributed by atoms with Crippen LogP contribution in [0.15, 0.2) is 24.3 Å². The number of ether oxygens (including phenoxy) is 1. The van der Waals surface area contributed by atoms with E-state index in [1.54, 1.807) is 0 Å². The van der Waals surface area contributed by atoms with Crippen molar-refractivity contribution in [3.8, 4) is 5.75 Å². The van der Waals surface area contributed by atoms with Crippen molar-refractivity contribution in [2.24, 2.45) is 5.92 Å². The second kappa shape index (κ2) is 6.58. The first kappa shape index (κ1) is 14.5. The molecule has 0 radical (unpaired) electrons. The van der Waals surface area contributed by atoms with Gasteiger partial charge in [-0.3, -0.25) is 9.69 Å². The first-order chi connectivity index (χ1) is 10.2. The quantitative estimate of drug-likeness (QED) is 0.682. The molecule has 4 heteroatoms. The fraction of sp³-hybridized carbons (Fsp3) is 0.588. The lowest BCUT2D eigenvalue weighted by atomic mass is 9.76. The molecule has 1 aliphatic carbocycles. The summed E-state index contributed by atoms with van der Waals surface area (Å²) in [6.07, 6.45) is 4.03. The lowest BCUT2D eigenvalue weighted by Crippen LogP contribution is -2.47. The molecule has 1 atom stereocenters. The Morgan fingerprint density at radius 1 is 1.24 bits per heavy atom. The molecule has 2 fully saturated rings. The van der Waals surface area contributed by atoms with Crippen LogP contribution in [0, 0.1) is 5.92 Å². The number of piperazine rings is 1. The van der Waals surface area contributed by atoms with E-state index in [2.05, 4.69) is 22.3 Å². The Labute approximate surface area is 126 Å². The minimum absolute atomic E-state index is 0.264. The predicted molar refractivity (Wildman–Crippen MR) is 82.3 cm³/mol. The van der Waals surface area contributed by atoms with Crippen molar-refractivity contribution in [2.45, 2.75) is 32.2 Å². The van der Waals surface area contributed by atoms with Gasteiger partial charge in [-0.25, -0.2) is 0 Å². The highest BCUT2D eigenvalue weighted by Gasteiger charge is 2.33. The molecular formula is C17H24N2O2. The molecule has 1 N–H and O–H groups in total. The van der Waals surface area contributed by atoms with E-state index in [0.717, 1.165) is 32.1 Å². The summed E-state index contributed by atoms with van der Waals surface area (Å²) in [5.41, 5.74) is 1.36. The van der Waals surface area contributed by atoms with Crippen LogP contribution in [0.3, 0.4) is 0 Å². The third-order valence-electron chi connectivity index (χ3n) is 4.62. The molecule has 0 spiro atoms. The Morgan fingerprint density at radius 2 is 1.90 bits per heavy atom. The molecule has 3 rings (SSSR count). The summed E-state index contributed by atoms with van der Waals surface area (Å²) in [4.78, 5) is 13.6. The lowest BCUT2D eigenvalue weighted by Gasteiger charge is -2.43. The molecule has 2 aliphatic rings. The molecule has 1 aromatic carbocycles. The van der Waals surface area contributed by atoms with Gasteiger partial charge in [-0.15, -0.1) is 0 Å². The Kier molecular flexibility index (Phi) is 4.56. The van der Waals surface area contributed by atoms with Gasteiger partial charge in [0.2, 0.25) is 0 Å². The zero-order chi connectivity index (χ0) is 14.7. The van der Waals surface area contributed by atoms with Crippen LogP contribution in [0.2, 0.25) is 0 Å². The normalized spacial score (nSPS) is 21.6. The van der Waals surface area contributed by atoms with Gasteiger partial charge in [-0.2, -0.15) is 0 Å². The molecule has 4 nitrogen and oxygen atoms in total. The average molecular weight is 288 g/mol. The summed E-state index contributed by atoms with van der Waals surface area (Å²) < 4.78 is 5.13. The number of nitrogens with zero attached hydrogens (tertiary/aromatic N) is 1. The lowest BCUT2D eigenvalue weighted by molar-refractivity contribution is -0.131. The summed E-state index contributed by atoms with van der Waals surface area (Å²) in [6, 6.07) is 8.62. The smallest absolute Gasteiger partial charge is 0.308 e. The predicted octanol–water partition coefficient (Wildman–Crippen LogP) is 2.36. The Bertz CT molecular complexity index is 476. The summed E-state index contributed by atoms with van der Waals surface area (Å²) in [5.74, 6) is 1.15. The van der Waals surface area contributed by atoms with Gasteiger partial charge < -0.3 is 10.1 Å². The van der Waals surface area contributed by atoms with Crippen LogP contribution in [0.1, 0.15) is 37.8 Å². The molecule has 0 aromatic heterocycles. The molecule has 0 amide bonds. The second-order valence-corrected chi connectivity index (χ2v) is 6.08. The number of rotatable bonds is 4. The maximum Gasteiger partial charge on any atom is 0.308 e. The van der Waals surface area contributed by atoms with Crippen LogP contribution < -0.4 is 10.1 Å². The second-order valence-electron chi connectivity index (χ2n) is 6.08. The molecule has 21 heavy (non-hydrogen) atoms. The van der Waals surface area contributed by atoms with E-state index in [4.69, 9.17) is 4.74 Å². The molecule has 0 unspecified atom stereocenters. The van der Waals surface area contributed by atoms with Gasteiger partial charge in [-0.1, -0.05) is 18.6 Å². The van der Waals surface area contributed by atoms with Crippen molar-refractivity contribution in [3.63, 3.8) is 0 Å². The molecule has 1 saturated carbocycles. The van der Waals surface area contributed by atoms with E-state index in [1.807, 2.05) is 12.1 Å². The van der Waals surface area contributed by atoms with E-state index in [0.29, 0.717) is 11.8 Å². The van der Waals surface area contributed by atoms with Crippen molar-refractivity contribution >= 4 is 5.97 Å². The van der Waals surface area contributed by atoms with Gasteiger partial charge in [0.05, 0.1) is 0 Å². The molecule has 1 aliphatic heterocycles. The number of esters is 1. The molecule has 1 saturated heterocycles. The van der Waals surface area contributed by atoms with Gasteiger partial charge in [0, 0.05) is 39.1 Å². The van der Waals surface area contributed by atoms with E-state index in [1.165, 1.54) is 31.7 Å². The van der Waals surface area contributed by atoms with E-state index >= 15 is 0 Å². The van der Waals surface area contributed by atoms with Crippen LogP contribution in [-0.2, 0) is 4.79 Å². The number of nitrogens with one attached hydrogen (secondary N) is 1. The minimum atomic E-state index is -0.264. The fourth-order valence-electron chi connectivity index (χ4n) is 3.40. The van der Waals surface area contributed by atoms with Gasteiger partial charge >= 0.3 is 5.97 Å². The SMILES string of the molecule is CC(=O)Oc1ccc([C@H](C2CCC2)N2CCNCC2)cc1. The van der Waals surface area contributed by atoms with Gasteiger partial charge in [0.1, 0.15) is 5.75 Å². The van der Waals surface area contributed by atoms with Crippen molar-refractivity contribution in [1.29, 1.82) is 0 Å². The molecular weight excluding hydrogens is 264 g/mol. The number of carbonyl (C=O) groups excluding carboxylic acids is 1. The van der Waals surface area contributed by atoms with E-state index in [-0.39, 0.29) is 5.97 Å². The summed E-state index contributed by atoms with van der Waals surface area (Å²) >= 11 is 0. The molecule has 1 heterocycles. The Morgan fingerprint density at radius 3 is 2.43 bits per heavy atom. The molecule has 114 valence electrons. The van der Waals surface area contributed by atoms with Crippen LogP contribution in [0.5, 0.6) is 5.75 Å². The molecule has 1 aromatic rings. The number of carbonyl (C=O) groups is 1. The third kappa shape index (κ3) is 3.44.